The Labute approximate surface area is 198 Å². The van der Waals surface area contributed by atoms with Crippen LogP contribution in [0, 0.1) is 5.92 Å². The van der Waals surface area contributed by atoms with Crippen LogP contribution in [0.15, 0.2) is 39.9 Å². The van der Waals surface area contributed by atoms with Gasteiger partial charge in [0, 0.05) is 31.6 Å². The number of hydrogen-bond acceptors (Lipinski definition) is 6. The molecule has 1 aliphatic heterocycles. The van der Waals surface area contributed by atoms with Crippen LogP contribution in [0.4, 0.5) is 0 Å². The SMILES string of the molecule is COc1cc2c(=O)n(CCC3NC[C@H]4CCc5c(OC)cccc5[C@H]34)c(=O)n(C)c2cc1OC. The number of nitrogens with one attached hydrogen (secondary N) is 1. The molecule has 5 rings (SSSR count). The molecule has 0 bridgehead atoms. The number of rotatable bonds is 6. The van der Waals surface area contributed by atoms with Gasteiger partial charge in [-0.05, 0) is 55.0 Å². The Morgan fingerprint density at radius 1 is 1.03 bits per heavy atom. The van der Waals surface area contributed by atoms with E-state index in [0.717, 1.165) is 25.1 Å². The third-order valence-corrected chi connectivity index (χ3v) is 7.62. The van der Waals surface area contributed by atoms with E-state index in [2.05, 4.69) is 17.4 Å². The molecule has 1 fully saturated rings. The lowest BCUT2D eigenvalue weighted by atomic mass is 9.73. The molecule has 8 heteroatoms. The number of ether oxygens (including phenoxy) is 3. The lowest BCUT2D eigenvalue weighted by Gasteiger charge is -2.32. The number of aromatic nitrogens is 2. The Morgan fingerprint density at radius 3 is 2.50 bits per heavy atom. The predicted molar refractivity (Wildman–Crippen MR) is 131 cm³/mol. The molecular formula is C26H31N3O5. The number of fused-ring (bicyclic) bond motifs is 4. The number of benzene rings is 2. The van der Waals surface area contributed by atoms with E-state index in [1.54, 1.807) is 26.3 Å². The van der Waals surface area contributed by atoms with Crippen molar-refractivity contribution in [3.63, 3.8) is 0 Å². The Hall–Kier alpha value is -3.26. The summed E-state index contributed by atoms with van der Waals surface area (Å²) in [5.74, 6) is 2.80. The van der Waals surface area contributed by atoms with Gasteiger partial charge in [-0.25, -0.2) is 4.79 Å². The number of hydrogen-bond donors (Lipinski definition) is 1. The van der Waals surface area contributed by atoms with Crippen molar-refractivity contribution in [3.8, 4) is 17.2 Å². The van der Waals surface area contributed by atoms with E-state index in [0.29, 0.717) is 47.2 Å². The van der Waals surface area contributed by atoms with Gasteiger partial charge in [0.2, 0.25) is 0 Å². The van der Waals surface area contributed by atoms with Crippen molar-refractivity contribution in [2.75, 3.05) is 27.9 Å². The van der Waals surface area contributed by atoms with Gasteiger partial charge in [0.05, 0.1) is 32.2 Å². The summed E-state index contributed by atoms with van der Waals surface area (Å²) >= 11 is 0. The maximum Gasteiger partial charge on any atom is 0.331 e. The minimum Gasteiger partial charge on any atom is -0.496 e. The van der Waals surface area contributed by atoms with Crippen LogP contribution in [0.5, 0.6) is 17.2 Å². The topological polar surface area (TPSA) is 83.7 Å². The van der Waals surface area contributed by atoms with Gasteiger partial charge in [-0.15, -0.1) is 0 Å². The average molecular weight is 466 g/mol. The summed E-state index contributed by atoms with van der Waals surface area (Å²) in [4.78, 5) is 26.5. The zero-order valence-corrected chi connectivity index (χ0v) is 20.1. The fraction of sp³-hybridized carbons (Fsp3) is 0.462. The quantitative estimate of drug-likeness (QED) is 0.602. The summed E-state index contributed by atoms with van der Waals surface area (Å²) < 4.78 is 19.2. The first-order valence-electron chi connectivity index (χ1n) is 11.7. The number of methoxy groups -OCH3 is 3. The zero-order valence-electron chi connectivity index (χ0n) is 20.1. The van der Waals surface area contributed by atoms with Gasteiger partial charge in [-0.1, -0.05) is 12.1 Å². The van der Waals surface area contributed by atoms with Crippen molar-refractivity contribution in [2.45, 2.75) is 37.8 Å². The predicted octanol–water partition coefficient (Wildman–Crippen LogP) is 2.43. The lowest BCUT2D eigenvalue weighted by Crippen LogP contribution is -2.41. The second kappa shape index (κ2) is 8.83. The molecule has 1 saturated heterocycles. The monoisotopic (exact) mass is 465 g/mol. The van der Waals surface area contributed by atoms with Gasteiger partial charge >= 0.3 is 5.69 Å². The molecule has 0 spiro atoms. The number of nitrogens with zero attached hydrogens (tertiary/aromatic N) is 2. The van der Waals surface area contributed by atoms with Crippen molar-refractivity contribution >= 4 is 10.9 Å². The molecule has 1 N–H and O–H groups in total. The van der Waals surface area contributed by atoms with Gasteiger partial charge in [0.25, 0.3) is 5.56 Å². The van der Waals surface area contributed by atoms with Crippen LogP contribution in [-0.2, 0) is 20.0 Å². The van der Waals surface area contributed by atoms with Crippen LogP contribution < -0.4 is 30.8 Å². The second-order valence-corrected chi connectivity index (χ2v) is 9.18. The standard InChI is InChI=1S/C26H31N3O5/c1-28-20-13-23(34-4)22(33-3)12-18(20)25(30)29(26(28)31)11-10-19-24-15(14-27-19)8-9-16-17(24)6-5-7-21(16)32-2/h5-7,12-13,15,19,24,27H,8-11,14H2,1-4H3/t15-,19?,24-/m1/s1. The Kier molecular flexibility index (Phi) is 5.85. The Bertz CT molecular complexity index is 1360. The highest BCUT2D eigenvalue weighted by atomic mass is 16.5. The van der Waals surface area contributed by atoms with Gasteiger partial charge < -0.3 is 19.5 Å². The molecule has 8 nitrogen and oxygen atoms in total. The normalized spacial score (nSPS) is 21.2. The molecule has 3 aromatic rings. The highest BCUT2D eigenvalue weighted by Crippen LogP contribution is 2.45. The zero-order chi connectivity index (χ0) is 24.0. The second-order valence-electron chi connectivity index (χ2n) is 9.18. The van der Waals surface area contributed by atoms with Crippen molar-refractivity contribution in [1.29, 1.82) is 0 Å². The van der Waals surface area contributed by atoms with Crippen LogP contribution in [0.2, 0.25) is 0 Å². The van der Waals surface area contributed by atoms with Crippen molar-refractivity contribution < 1.29 is 14.2 Å². The maximum atomic E-state index is 13.4. The average Bonchev–Trinajstić information content (AvgIpc) is 3.29. The summed E-state index contributed by atoms with van der Waals surface area (Å²) in [6.45, 7) is 1.30. The fourth-order valence-electron chi connectivity index (χ4n) is 5.90. The highest BCUT2D eigenvalue weighted by molar-refractivity contribution is 5.82. The first-order valence-corrected chi connectivity index (χ1v) is 11.7. The Morgan fingerprint density at radius 2 is 1.76 bits per heavy atom. The van der Waals surface area contributed by atoms with E-state index in [9.17, 15) is 9.59 Å². The molecule has 1 unspecified atom stereocenters. The van der Waals surface area contributed by atoms with Crippen LogP contribution >= 0.6 is 0 Å². The minimum absolute atomic E-state index is 0.189. The molecule has 0 radical (unpaired) electrons. The van der Waals surface area contributed by atoms with E-state index >= 15 is 0 Å². The lowest BCUT2D eigenvalue weighted by molar-refractivity contribution is 0.355. The van der Waals surface area contributed by atoms with Crippen LogP contribution in [0.1, 0.15) is 29.9 Å². The molecule has 1 aromatic heterocycles. The molecule has 0 amide bonds. The molecule has 0 saturated carbocycles. The largest absolute Gasteiger partial charge is 0.496 e. The molecule has 1 aliphatic carbocycles. The van der Waals surface area contributed by atoms with Gasteiger partial charge in [0.15, 0.2) is 11.5 Å². The maximum absolute atomic E-state index is 13.4. The molecule has 3 atom stereocenters. The van der Waals surface area contributed by atoms with E-state index in [1.807, 2.05) is 6.07 Å². The molecular weight excluding hydrogens is 434 g/mol. The fourth-order valence-corrected chi connectivity index (χ4v) is 5.90. The molecule has 2 aliphatic rings. The number of aryl methyl sites for hydroxylation is 1. The summed E-state index contributed by atoms with van der Waals surface area (Å²) in [6, 6.07) is 9.80. The summed E-state index contributed by atoms with van der Waals surface area (Å²) in [5.41, 5.74) is 2.52. The minimum atomic E-state index is -0.329. The molecule has 34 heavy (non-hydrogen) atoms. The highest BCUT2D eigenvalue weighted by Gasteiger charge is 2.40. The van der Waals surface area contributed by atoms with E-state index in [4.69, 9.17) is 14.2 Å². The summed E-state index contributed by atoms with van der Waals surface area (Å²) in [7, 11) is 6.46. The van der Waals surface area contributed by atoms with Crippen LogP contribution in [-0.4, -0.2) is 43.1 Å². The van der Waals surface area contributed by atoms with Crippen LogP contribution in [0.3, 0.4) is 0 Å². The summed E-state index contributed by atoms with van der Waals surface area (Å²) in [6.07, 6.45) is 2.82. The first-order chi connectivity index (χ1) is 16.5. The van der Waals surface area contributed by atoms with Crippen molar-refractivity contribution in [1.82, 2.24) is 14.5 Å². The van der Waals surface area contributed by atoms with Crippen LogP contribution in [0.25, 0.3) is 10.9 Å². The van der Waals surface area contributed by atoms with Crippen molar-refractivity contribution in [2.24, 2.45) is 13.0 Å². The van der Waals surface area contributed by atoms with Gasteiger partial charge in [0.1, 0.15) is 5.75 Å². The van der Waals surface area contributed by atoms with E-state index < -0.39 is 0 Å². The van der Waals surface area contributed by atoms with Crippen molar-refractivity contribution in [3.05, 3.63) is 62.3 Å². The molecule has 180 valence electrons. The summed E-state index contributed by atoms with van der Waals surface area (Å²) in [5, 5.41) is 4.10. The third-order valence-electron chi connectivity index (χ3n) is 7.62. The third kappa shape index (κ3) is 3.48. The molecule has 2 heterocycles. The first kappa shape index (κ1) is 22.5. The van der Waals surface area contributed by atoms with E-state index in [-0.39, 0.29) is 17.3 Å². The van der Waals surface area contributed by atoms with E-state index in [1.165, 1.54) is 34.5 Å². The van der Waals surface area contributed by atoms with Gasteiger partial charge in [-0.2, -0.15) is 0 Å². The Balaban J connectivity index is 1.49. The molecule has 2 aromatic carbocycles. The smallest absolute Gasteiger partial charge is 0.331 e. The van der Waals surface area contributed by atoms with Gasteiger partial charge in [-0.3, -0.25) is 13.9 Å².